The second kappa shape index (κ2) is 5.87. The molecule has 6 nitrogen and oxygen atoms in total. The lowest BCUT2D eigenvalue weighted by molar-refractivity contribution is -0.120. The molecule has 0 atom stereocenters. The van der Waals surface area contributed by atoms with Crippen LogP contribution < -0.4 is 11.2 Å². The van der Waals surface area contributed by atoms with E-state index in [1.165, 1.54) is 11.3 Å². The fraction of sp³-hybridized carbons (Fsp3) is 0.0909. The molecular weight excluding hydrogens is 250 g/mol. The summed E-state index contributed by atoms with van der Waals surface area (Å²) in [6, 6.07) is 9.48. The van der Waals surface area contributed by atoms with E-state index < -0.39 is 0 Å². The van der Waals surface area contributed by atoms with Gasteiger partial charge in [0.1, 0.15) is 5.01 Å². The van der Waals surface area contributed by atoms with Crippen LogP contribution >= 0.6 is 11.3 Å². The largest absolute Gasteiger partial charge is 0.374 e. The Morgan fingerprint density at radius 2 is 2.17 bits per heavy atom. The summed E-state index contributed by atoms with van der Waals surface area (Å²) in [7, 11) is 0. The molecule has 0 aliphatic heterocycles. The maximum Gasteiger partial charge on any atom is 0.247 e. The quantitative estimate of drug-likeness (QED) is 0.629. The summed E-state index contributed by atoms with van der Waals surface area (Å²) in [5, 5.41) is 12.1. The van der Waals surface area contributed by atoms with Crippen LogP contribution in [0.25, 0.3) is 0 Å². The number of amides is 1. The summed E-state index contributed by atoms with van der Waals surface area (Å²) < 4.78 is 0. The van der Waals surface area contributed by atoms with Crippen molar-refractivity contribution < 1.29 is 4.79 Å². The zero-order chi connectivity index (χ0) is 12.8. The summed E-state index contributed by atoms with van der Waals surface area (Å²) in [5.74, 6) is -0.252. The van der Waals surface area contributed by atoms with E-state index in [1.54, 1.807) is 6.21 Å². The SMILES string of the molecule is Nc1nnc(CC(=O)N/N=C\c2ccccc2)s1. The first-order valence-electron chi connectivity index (χ1n) is 5.19. The number of hydrazone groups is 1. The Morgan fingerprint density at radius 1 is 1.39 bits per heavy atom. The molecule has 3 N–H and O–H groups in total. The Kier molecular flexibility index (Phi) is 3.98. The average molecular weight is 261 g/mol. The molecule has 1 amide bonds. The number of nitrogen functional groups attached to an aromatic ring is 1. The molecule has 0 aliphatic rings. The first kappa shape index (κ1) is 12.2. The van der Waals surface area contributed by atoms with Gasteiger partial charge in [-0.05, 0) is 5.56 Å². The van der Waals surface area contributed by atoms with Crippen molar-refractivity contribution in [2.45, 2.75) is 6.42 Å². The van der Waals surface area contributed by atoms with Crippen LogP contribution in [0.2, 0.25) is 0 Å². The van der Waals surface area contributed by atoms with Gasteiger partial charge in [-0.2, -0.15) is 5.10 Å². The van der Waals surface area contributed by atoms with Crippen molar-refractivity contribution in [1.29, 1.82) is 0 Å². The van der Waals surface area contributed by atoms with Gasteiger partial charge in [-0.15, -0.1) is 10.2 Å². The molecule has 1 aromatic heterocycles. The van der Waals surface area contributed by atoms with Gasteiger partial charge >= 0.3 is 0 Å². The topological polar surface area (TPSA) is 93.3 Å². The number of hydrogen-bond acceptors (Lipinski definition) is 6. The molecule has 7 heteroatoms. The van der Waals surface area contributed by atoms with E-state index in [0.717, 1.165) is 5.56 Å². The van der Waals surface area contributed by atoms with Gasteiger partial charge in [-0.25, -0.2) is 5.43 Å². The predicted octanol–water partition coefficient (Wildman–Crippen LogP) is 0.813. The van der Waals surface area contributed by atoms with Crippen LogP contribution in [-0.4, -0.2) is 22.3 Å². The molecular formula is C11H11N5OS. The minimum Gasteiger partial charge on any atom is -0.374 e. The highest BCUT2D eigenvalue weighted by atomic mass is 32.1. The molecule has 0 fully saturated rings. The van der Waals surface area contributed by atoms with Crippen LogP contribution in [0, 0.1) is 0 Å². The molecule has 0 bridgehead atoms. The van der Waals surface area contributed by atoms with Crippen LogP contribution in [0.4, 0.5) is 5.13 Å². The Morgan fingerprint density at radius 3 is 2.83 bits per heavy atom. The molecule has 1 heterocycles. The molecule has 18 heavy (non-hydrogen) atoms. The van der Waals surface area contributed by atoms with E-state index in [2.05, 4.69) is 20.7 Å². The van der Waals surface area contributed by atoms with E-state index in [4.69, 9.17) is 5.73 Å². The summed E-state index contributed by atoms with van der Waals surface area (Å²) in [5.41, 5.74) is 8.75. The molecule has 0 unspecified atom stereocenters. The van der Waals surface area contributed by atoms with Gasteiger partial charge in [0.15, 0.2) is 0 Å². The Hall–Kier alpha value is -2.28. The summed E-state index contributed by atoms with van der Waals surface area (Å²) in [6.45, 7) is 0. The molecule has 2 aromatic rings. The number of hydrogen-bond donors (Lipinski definition) is 2. The molecule has 0 spiro atoms. The molecule has 0 saturated heterocycles. The molecule has 0 radical (unpaired) electrons. The van der Waals surface area contributed by atoms with Crippen molar-refractivity contribution >= 4 is 28.6 Å². The van der Waals surface area contributed by atoms with Crippen molar-refractivity contribution in [2.24, 2.45) is 5.10 Å². The van der Waals surface area contributed by atoms with E-state index in [9.17, 15) is 4.79 Å². The van der Waals surface area contributed by atoms with Gasteiger partial charge in [0.25, 0.3) is 0 Å². The third-order valence-corrected chi connectivity index (χ3v) is 2.75. The van der Waals surface area contributed by atoms with Crippen LogP contribution in [0.1, 0.15) is 10.6 Å². The van der Waals surface area contributed by atoms with Gasteiger partial charge in [0, 0.05) is 0 Å². The third-order valence-electron chi connectivity index (χ3n) is 2.00. The first-order chi connectivity index (χ1) is 8.74. The van der Waals surface area contributed by atoms with Crippen molar-refractivity contribution in [3.63, 3.8) is 0 Å². The molecule has 1 aromatic carbocycles. The smallest absolute Gasteiger partial charge is 0.247 e. The van der Waals surface area contributed by atoms with Crippen LogP contribution in [0.3, 0.4) is 0 Å². The number of carbonyl (C=O) groups excluding carboxylic acids is 1. The Balaban J connectivity index is 1.83. The molecule has 0 saturated carbocycles. The summed E-state index contributed by atoms with van der Waals surface area (Å²) >= 11 is 1.19. The number of nitrogens with one attached hydrogen (secondary N) is 1. The molecule has 92 valence electrons. The third kappa shape index (κ3) is 3.63. The van der Waals surface area contributed by atoms with Gasteiger partial charge in [0.2, 0.25) is 11.0 Å². The van der Waals surface area contributed by atoms with Crippen LogP contribution in [0.15, 0.2) is 35.4 Å². The first-order valence-corrected chi connectivity index (χ1v) is 6.00. The fourth-order valence-corrected chi connectivity index (χ4v) is 1.84. The van der Waals surface area contributed by atoms with Gasteiger partial charge < -0.3 is 5.73 Å². The Bertz CT molecular complexity index is 552. The second-order valence-electron chi connectivity index (χ2n) is 3.41. The van der Waals surface area contributed by atoms with Crippen LogP contribution in [-0.2, 0) is 11.2 Å². The number of nitrogens with two attached hydrogens (primary N) is 1. The highest BCUT2D eigenvalue weighted by Gasteiger charge is 2.06. The summed E-state index contributed by atoms with van der Waals surface area (Å²) in [6.07, 6.45) is 1.70. The zero-order valence-electron chi connectivity index (χ0n) is 9.41. The van der Waals surface area contributed by atoms with E-state index in [0.29, 0.717) is 10.1 Å². The minimum atomic E-state index is -0.252. The molecule has 0 aliphatic carbocycles. The monoisotopic (exact) mass is 261 g/mol. The normalized spacial score (nSPS) is 10.7. The standard InChI is InChI=1S/C11H11N5OS/c12-11-16-15-10(18-11)6-9(17)14-13-7-8-4-2-1-3-5-8/h1-5,7H,6H2,(H2,12,16)(H,14,17)/b13-7-. The van der Waals surface area contributed by atoms with Crippen molar-refractivity contribution in [3.05, 3.63) is 40.9 Å². The Labute approximate surface area is 108 Å². The van der Waals surface area contributed by atoms with E-state index >= 15 is 0 Å². The number of nitrogens with zero attached hydrogens (tertiary/aromatic N) is 3. The number of rotatable bonds is 4. The summed E-state index contributed by atoms with van der Waals surface area (Å²) in [4.78, 5) is 11.5. The van der Waals surface area contributed by atoms with Gasteiger partial charge in [-0.3, -0.25) is 4.79 Å². The van der Waals surface area contributed by atoms with Crippen molar-refractivity contribution in [2.75, 3.05) is 5.73 Å². The van der Waals surface area contributed by atoms with E-state index in [-0.39, 0.29) is 12.3 Å². The zero-order valence-corrected chi connectivity index (χ0v) is 10.2. The van der Waals surface area contributed by atoms with Crippen LogP contribution in [0.5, 0.6) is 0 Å². The van der Waals surface area contributed by atoms with Crippen molar-refractivity contribution in [1.82, 2.24) is 15.6 Å². The van der Waals surface area contributed by atoms with Crippen molar-refractivity contribution in [3.8, 4) is 0 Å². The maximum absolute atomic E-state index is 11.5. The van der Waals surface area contributed by atoms with Gasteiger partial charge in [0.05, 0.1) is 12.6 Å². The fourth-order valence-electron chi connectivity index (χ4n) is 1.23. The highest BCUT2D eigenvalue weighted by Crippen LogP contribution is 2.10. The number of aromatic nitrogens is 2. The lowest BCUT2D eigenvalue weighted by atomic mass is 10.2. The van der Waals surface area contributed by atoms with Gasteiger partial charge in [-0.1, -0.05) is 41.7 Å². The second-order valence-corrected chi connectivity index (χ2v) is 4.51. The lowest BCUT2D eigenvalue weighted by Gasteiger charge is -1.95. The lowest BCUT2D eigenvalue weighted by Crippen LogP contribution is -2.19. The van der Waals surface area contributed by atoms with E-state index in [1.807, 2.05) is 30.3 Å². The number of benzene rings is 1. The number of carbonyl (C=O) groups is 1. The highest BCUT2D eigenvalue weighted by molar-refractivity contribution is 7.15. The minimum absolute atomic E-state index is 0.126. The number of anilines is 1. The average Bonchev–Trinajstić information content (AvgIpc) is 2.76. The predicted molar refractivity (Wildman–Crippen MR) is 70.2 cm³/mol. The molecule has 2 rings (SSSR count). The maximum atomic E-state index is 11.5.